The van der Waals surface area contributed by atoms with E-state index in [1.165, 1.54) is 36.4 Å². The van der Waals surface area contributed by atoms with Gasteiger partial charge in [0, 0.05) is 10.8 Å². The zero-order valence-corrected chi connectivity index (χ0v) is 18.5. The van der Waals surface area contributed by atoms with Crippen LogP contribution < -0.4 is 9.46 Å². The average molecular weight is 498 g/mol. The molecule has 1 aromatic heterocycles. The van der Waals surface area contributed by atoms with Crippen LogP contribution in [-0.4, -0.2) is 37.8 Å². The topological polar surface area (TPSA) is 92.7 Å². The lowest BCUT2D eigenvalue weighted by Crippen LogP contribution is -2.44. The summed E-state index contributed by atoms with van der Waals surface area (Å²) in [7, 11) is -4.14. The van der Waals surface area contributed by atoms with Gasteiger partial charge in [0.1, 0.15) is 15.5 Å². The maximum atomic E-state index is 13.0. The number of nitrogens with one attached hydrogen (secondary N) is 1. The van der Waals surface area contributed by atoms with E-state index >= 15 is 0 Å². The minimum Gasteiger partial charge on any atom is -0.480 e. The lowest BCUT2D eigenvalue weighted by atomic mass is 10.1. The number of aliphatic carboxylic acids is 1. The summed E-state index contributed by atoms with van der Waals surface area (Å²) in [6.45, 7) is -1.96. The molecule has 33 heavy (non-hydrogen) atoms. The number of carbonyl (C=O) groups is 1. The Morgan fingerprint density at radius 2 is 1.79 bits per heavy atom. The van der Waals surface area contributed by atoms with Crippen molar-refractivity contribution in [1.29, 1.82) is 0 Å². The summed E-state index contributed by atoms with van der Waals surface area (Å²) in [6.07, 6.45) is -3.80. The van der Waals surface area contributed by atoms with Crippen molar-refractivity contribution in [2.24, 2.45) is 0 Å². The minimum absolute atomic E-state index is 0.0823. The molecule has 0 amide bonds. The molecule has 2 atom stereocenters. The number of benzene rings is 2. The first kappa shape index (κ1) is 23.3. The predicted octanol–water partition coefficient (Wildman–Crippen LogP) is 4.65. The fourth-order valence-electron chi connectivity index (χ4n) is 3.54. The molecule has 0 aliphatic heterocycles. The number of alkyl halides is 3. The Kier molecular flexibility index (Phi) is 5.97. The Morgan fingerprint density at radius 1 is 1.12 bits per heavy atom. The minimum atomic E-state index is -4.14. The molecule has 4 rings (SSSR count). The third-order valence-corrected chi connectivity index (χ3v) is 8.40. The van der Waals surface area contributed by atoms with E-state index in [9.17, 15) is 31.5 Å². The van der Waals surface area contributed by atoms with Crippen molar-refractivity contribution in [3.63, 3.8) is 0 Å². The third-order valence-electron chi connectivity index (χ3n) is 5.27. The molecule has 1 saturated carbocycles. The summed E-state index contributed by atoms with van der Waals surface area (Å²) in [5, 5.41) is 9.74. The van der Waals surface area contributed by atoms with Gasteiger partial charge in [0.05, 0.1) is 0 Å². The van der Waals surface area contributed by atoms with Gasteiger partial charge in [0.15, 0.2) is 6.67 Å². The van der Waals surface area contributed by atoms with Gasteiger partial charge in [-0.05, 0) is 53.9 Å². The van der Waals surface area contributed by atoms with Crippen molar-refractivity contribution >= 4 is 27.3 Å². The Hall–Kier alpha value is -2.89. The molecule has 0 bridgehead atoms. The second kappa shape index (κ2) is 8.47. The van der Waals surface area contributed by atoms with E-state index in [-0.39, 0.29) is 16.4 Å². The van der Waals surface area contributed by atoms with Crippen LogP contribution in [0.1, 0.15) is 17.9 Å². The molecular weight excluding hydrogens is 479 g/mol. The molecule has 0 radical (unpaired) electrons. The van der Waals surface area contributed by atoms with Gasteiger partial charge in [-0.3, -0.25) is 4.79 Å². The fourth-order valence-corrected chi connectivity index (χ4v) is 6.26. The highest BCUT2D eigenvalue weighted by molar-refractivity contribution is 7.91. The van der Waals surface area contributed by atoms with Gasteiger partial charge in [-0.25, -0.2) is 12.8 Å². The number of sulfonamides is 1. The second-order valence-electron chi connectivity index (χ2n) is 7.57. The third kappa shape index (κ3) is 4.75. The molecule has 2 aromatic carbocycles. The van der Waals surface area contributed by atoms with Crippen molar-refractivity contribution in [3.8, 4) is 16.2 Å². The SMILES string of the molecule is O=C(O)C1(NS(=O)(=O)c2ccc(-c3ccc(OC(F)(F)CF)cc3)s2)CC1c1ccccc1. The monoisotopic (exact) mass is 497 g/mol. The summed E-state index contributed by atoms with van der Waals surface area (Å²) in [4.78, 5) is 12.5. The zero-order chi connectivity index (χ0) is 23.9. The van der Waals surface area contributed by atoms with E-state index in [1.807, 2.05) is 0 Å². The van der Waals surface area contributed by atoms with Crippen LogP contribution in [0.2, 0.25) is 0 Å². The highest BCUT2D eigenvalue weighted by atomic mass is 32.2. The predicted molar refractivity (Wildman–Crippen MR) is 116 cm³/mol. The van der Waals surface area contributed by atoms with Crippen LogP contribution in [0.5, 0.6) is 5.75 Å². The van der Waals surface area contributed by atoms with Crippen LogP contribution in [0, 0.1) is 0 Å². The van der Waals surface area contributed by atoms with E-state index in [4.69, 9.17) is 0 Å². The van der Waals surface area contributed by atoms with Crippen LogP contribution in [0.15, 0.2) is 70.9 Å². The fraction of sp³-hybridized carbons (Fsp3) is 0.227. The van der Waals surface area contributed by atoms with Gasteiger partial charge in [-0.2, -0.15) is 13.5 Å². The maximum Gasteiger partial charge on any atom is 0.427 e. The first-order valence-electron chi connectivity index (χ1n) is 9.72. The van der Waals surface area contributed by atoms with Crippen molar-refractivity contribution in [3.05, 3.63) is 72.3 Å². The quantitative estimate of drug-likeness (QED) is 0.449. The van der Waals surface area contributed by atoms with Crippen LogP contribution in [0.3, 0.4) is 0 Å². The van der Waals surface area contributed by atoms with Crippen molar-refractivity contribution in [1.82, 2.24) is 4.72 Å². The number of thiophene rings is 1. The lowest BCUT2D eigenvalue weighted by molar-refractivity contribution is -0.186. The Bertz CT molecular complexity index is 1260. The molecule has 2 unspecified atom stereocenters. The summed E-state index contributed by atoms with van der Waals surface area (Å²) < 4.78 is 70.7. The summed E-state index contributed by atoms with van der Waals surface area (Å²) in [5.74, 6) is -1.98. The molecule has 11 heteroatoms. The summed E-state index contributed by atoms with van der Waals surface area (Å²) in [6, 6.07) is 17.0. The number of rotatable bonds is 9. The molecule has 1 aliphatic rings. The highest BCUT2D eigenvalue weighted by Crippen LogP contribution is 2.52. The summed E-state index contributed by atoms with van der Waals surface area (Å²) in [5.41, 5.74) is -0.362. The first-order chi connectivity index (χ1) is 15.6. The number of ether oxygens (including phenoxy) is 1. The number of hydrogen-bond donors (Lipinski definition) is 2. The van der Waals surface area contributed by atoms with Gasteiger partial charge < -0.3 is 9.84 Å². The van der Waals surface area contributed by atoms with Crippen molar-refractivity contribution in [2.45, 2.75) is 28.2 Å². The number of carboxylic acids is 1. The van der Waals surface area contributed by atoms with E-state index in [0.29, 0.717) is 10.4 Å². The Labute approximate surface area is 191 Å². The maximum absolute atomic E-state index is 13.0. The second-order valence-corrected chi connectivity index (χ2v) is 10.6. The number of halogens is 3. The van der Waals surface area contributed by atoms with E-state index < -0.39 is 40.2 Å². The molecular formula is C22H18F3NO5S2. The number of hydrogen-bond acceptors (Lipinski definition) is 5. The van der Waals surface area contributed by atoms with Gasteiger partial charge in [0.25, 0.3) is 10.0 Å². The standard InChI is InChI=1S/C22H18F3NO5S2/c23-13-22(24,25)31-16-8-6-15(7-9-16)18-10-11-19(32-18)33(29,30)26-21(20(27)28)12-17(21)14-4-2-1-3-5-14/h1-11,17,26H,12-13H2,(H,27,28). The van der Waals surface area contributed by atoms with Gasteiger partial charge >= 0.3 is 12.1 Å². The smallest absolute Gasteiger partial charge is 0.427 e. The van der Waals surface area contributed by atoms with Gasteiger partial charge in [0.2, 0.25) is 0 Å². The highest BCUT2D eigenvalue weighted by Gasteiger charge is 2.63. The molecule has 1 heterocycles. The van der Waals surface area contributed by atoms with Crippen molar-refractivity contribution in [2.75, 3.05) is 6.67 Å². The number of carboxylic acid groups (broad SMARTS) is 1. The largest absolute Gasteiger partial charge is 0.480 e. The Balaban J connectivity index is 1.52. The summed E-state index contributed by atoms with van der Waals surface area (Å²) >= 11 is 0.901. The van der Waals surface area contributed by atoms with Crippen LogP contribution in [0.4, 0.5) is 13.2 Å². The van der Waals surface area contributed by atoms with Crippen LogP contribution >= 0.6 is 11.3 Å². The van der Waals surface area contributed by atoms with Crippen LogP contribution in [-0.2, 0) is 14.8 Å². The molecule has 1 aliphatic carbocycles. The zero-order valence-electron chi connectivity index (χ0n) is 16.9. The molecule has 174 valence electrons. The van der Waals surface area contributed by atoms with Gasteiger partial charge in [-0.1, -0.05) is 30.3 Å². The van der Waals surface area contributed by atoms with Crippen LogP contribution in [0.25, 0.3) is 10.4 Å². The van der Waals surface area contributed by atoms with E-state index in [2.05, 4.69) is 9.46 Å². The van der Waals surface area contributed by atoms with E-state index in [1.54, 1.807) is 30.3 Å². The van der Waals surface area contributed by atoms with Crippen molar-refractivity contribution < 1.29 is 36.2 Å². The normalized spacial score (nSPS) is 20.4. The Morgan fingerprint density at radius 3 is 2.39 bits per heavy atom. The average Bonchev–Trinajstić information content (AvgIpc) is 3.27. The van der Waals surface area contributed by atoms with E-state index in [0.717, 1.165) is 16.9 Å². The van der Waals surface area contributed by atoms with Gasteiger partial charge in [-0.15, -0.1) is 11.3 Å². The molecule has 0 spiro atoms. The molecule has 1 fully saturated rings. The molecule has 0 saturated heterocycles. The lowest BCUT2D eigenvalue weighted by Gasteiger charge is -2.15. The molecule has 3 aromatic rings. The first-order valence-corrected chi connectivity index (χ1v) is 12.0. The molecule has 6 nitrogen and oxygen atoms in total. The molecule has 2 N–H and O–H groups in total.